The second-order valence-corrected chi connectivity index (χ2v) is 7.21. The molecule has 0 atom stereocenters. The molecule has 0 saturated carbocycles. The number of aromatic amines is 1. The third-order valence-corrected chi connectivity index (χ3v) is 5.11. The van der Waals surface area contributed by atoms with Crippen LogP contribution in [0.25, 0.3) is 10.9 Å². The molecule has 0 bridgehead atoms. The maximum atomic E-state index is 12.5. The summed E-state index contributed by atoms with van der Waals surface area (Å²) in [6.45, 7) is 4.10. The van der Waals surface area contributed by atoms with Crippen LogP contribution in [0.15, 0.2) is 53.3 Å². The fourth-order valence-electron chi connectivity index (χ4n) is 3.31. The Bertz CT molecular complexity index is 894. The summed E-state index contributed by atoms with van der Waals surface area (Å²) < 4.78 is 0.901. The van der Waals surface area contributed by atoms with Gasteiger partial charge in [-0.25, -0.2) is 0 Å². The van der Waals surface area contributed by atoms with Crippen LogP contribution in [-0.2, 0) is 6.54 Å². The van der Waals surface area contributed by atoms with E-state index in [9.17, 15) is 4.79 Å². The Hall–Kier alpha value is -2.18. The second-order valence-electron chi connectivity index (χ2n) is 6.29. The van der Waals surface area contributed by atoms with Gasteiger partial charge < -0.3 is 9.88 Å². The van der Waals surface area contributed by atoms with Gasteiger partial charge in [-0.1, -0.05) is 24.3 Å². The van der Waals surface area contributed by atoms with Gasteiger partial charge in [-0.05, 0) is 33.6 Å². The minimum atomic E-state index is 0.0668. The maximum absolute atomic E-state index is 12.5. The lowest BCUT2D eigenvalue weighted by Crippen LogP contribution is -2.48. The van der Waals surface area contributed by atoms with Crippen molar-refractivity contribution in [2.75, 3.05) is 26.2 Å². The molecule has 128 valence electrons. The Morgan fingerprint density at radius 1 is 1.16 bits per heavy atom. The highest BCUT2D eigenvalue weighted by Crippen LogP contribution is 2.19. The average Bonchev–Trinajstić information content (AvgIpc) is 3.08. The minimum absolute atomic E-state index is 0.0668. The summed E-state index contributed by atoms with van der Waals surface area (Å²) in [7, 11) is 0. The summed E-state index contributed by atoms with van der Waals surface area (Å²) in [5, 5.41) is 1.17. The van der Waals surface area contributed by atoms with Crippen molar-refractivity contribution in [2.45, 2.75) is 6.54 Å². The predicted octanol–water partition coefficient (Wildman–Crippen LogP) is 3.28. The highest BCUT2D eigenvalue weighted by atomic mass is 79.9. The molecule has 6 heteroatoms. The molecule has 0 unspecified atom stereocenters. The summed E-state index contributed by atoms with van der Waals surface area (Å²) >= 11 is 3.37. The molecule has 25 heavy (non-hydrogen) atoms. The van der Waals surface area contributed by atoms with Gasteiger partial charge in [0.25, 0.3) is 5.91 Å². The van der Waals surface area contributed by atoms with E-state index in [1.54, 1.807) is 6.20 Å². The number of para-hydroxylation sites is 1. The van der Waals surface area contributed by atoms with Crippen molar-refractivity contribution in [3.63, 3.8) is 0 Å². The van der Waals surface area contributed by atoms with Crippen LogP contribution in [-0.4, -0.2) is 51.9 Å². The van der Waals surface area contributed by atoms with Crippen LogP contribution in [0.2, 0.25) is 0 Å². The maximum Gasteiger partial charge on any atom is 0.270 e. The van der Waals surface area contributed by atoms with Gasteiger partial charge in [-0.3, -0.25) is 14.7 Å². The van der Waals surface area contributed by atoms with Gasteiger partial charge in [0.05, 0.1) is 5.52 Å². The molecule has 1 amide bonds. The molecule has 3 heterocycles. The van der Waals surface area contributed by atoms with Gasteiger partial charge in [0.2, 0.25) is 0 Å². The van der Waals surface area contributed by atoms with Crippen molar-refractivity contribution in [1.29, 1.82) is 0 Å². The fraction of sp³-hybridized carbons (Fsp3) is 0.263. The van der Waals surface area contributed by atoms with E-state index in [1.807, 2.05) is 23.2 Å². The molecule has 1 aliphatic heterocycles. The number of nitrogens with zero attached hydrogens (tertiary/aromatic N) is 3. The van der Waals surface area contributed by atoms with Crippen LogP contribution in [0.5, 0.6) is 0 Å². The van der Waals surface area contributed by atoms with Gasteiger partial charge in [-0.2, -0.15) is 0 Å². The van der Waals surface area contributed by atoms with Crippen LogP contribution in [0.1, 0.15) is 16.1 Å². The normalized spacial score (nSPS) is 15.6. The molecular weight excluding hydrogens is 380 g/mol. The first kappa shape index (κ1) is 16.3. The molecule has 1 aliphatic rings. The first-order valence-electron chi connectivity index (χ1n) is 8.39. The van der Waals surface area contributed by atoms with Crippen molar-refractivity contribution in [2.24, 2.45) is 0 Å². The van der Waals surface area contributed by atoms with Crippen molar-refractivity contribution < 1.29 is 4.79 Å². The third kappa shape index (κ3) is 3.45. The van der Waals surface area contributed by atoms with E-state index in [2.05, 4.69) is 55.1 Å². The Morgan fingerprint density at radius 3 is 2.72 bits per heavy atom. The Kier molecular flexibility index (Phi) is 4.55. The molecule has 4 rings (SSSR count). The molecule has 2 aromatic heterocycles. The Morgan fingerprint density at radius 2 is 1.96 bits per heavy atom. The lowest BCUT2D eigenvalue weighted by Gasteiger charge is -2.34. The monoisotopic (exact) mass is 398 g/mol. The number of carbonyl (C=O) groups is 1. The number of H-pyrrole nitrogens is 1. The summed E-state index contributed by atoms with van der Waals surface area (Å²) in [6.07, 6.45) is 3.63. The minimum Gasteiger partial charge on any atom is -0.356 e. The number of rotatable bonds is 3. The highest BCUT2D eigenvalue weighted by Gasteiger charge is 2.23. The lowest BCUT2D eigenvalue weighted by molar-refractivity contribution is 0.0624. The fourth-order valence-corrected chi connectivity index (χ4v) is 3.65. The predicted molar refractivity (Wildman–Crippen MR) is 101 cm³/mol. The molecule has 1 N–H and O–H groups in total. The van der Waals surface area contributed by atoms with Crippen LogP contribution >= 0.6 is 15.9 Å². The van der Waals surface area contributed by atoms with E-state index in [0.717, 1.165) is 42.7 Å². The molecular formula is C19H19BrN4O. The van der Waals surface area contributed by atoms with Gasteiger partial charge in [0.1, 0.15) is 5.69 Å². The van der Waals surface area contributed by atoms with E-state index in [0.29, 0.717) is 5.69 Å². The summed E-state index contributed by atoms with van der Waals surface area (Å²) in [5.74, 6) is 0.0668. The number of piperazine rings is 1. The van der Waals surface area contributed by atoms with Gasteiger partial charge >= 0.3 is 0 Å². The number of fused-ring (bicyclic) bond motifs is 1. The summed E-state index contributed by atoms with van der Waals surface area (Å²) in [4.78, 5) is 24.3. The Balaban J connectivity index is 1.41. The van der Waals surface area contributed by atoms with Crippen LogP contribution in [0.3, 0.4) is 0 Å². The zero-order valence-corrected chi connectivity index (χ0v) is 15.4. The lowest BCUT2D eigenvalue weighted by atomic mass is 10.1. The van der Waals surface area contributed by atoms with E-state index in [-0.39, 0.29) is 5.91 Å². The van der Waals surface area contributed by atoms with Crippen molar-refractivity contribution in [3.8, 4) is 0 Å². The molecule has 1 saturated heterocycles. The number of carbonyl (C=O) groups excluding carboxylic acids is 1. The van der Waals surface area contributed by atoms with Crippen molar-refractivity contribution in [1.82, 2.24) is 19.8 Å². The number of pyridine rings is 1. The van der Waals surface area contributed by atoms with E-state index < -0.39 is 0 Å². The molecule has 1 fully saturated rings. The number of halogens is 1. The molecule has 0 radical (unpaired) electrons. The second kappa shape index (κ2) is 6.98. The summed E-state index contributed by atoms with van der Waals surface area (Å²) in [6, 6.07) is 12.2. The zero-order chi connectivity index (χ0) is 17.2. The van der Waals surface area contributed by atoms with Crippen LogP contribution < -0.4 is 0 Å². The van der Waals surface area contributed by atoms with Gasteiger partial charge in [0.15, 0.2) is 0 Å². The number of nitrogens with one attached hydrogen (secondary N) is 1. The first-order chi connectivity index (χ1) is 12.2. The smallest absolute Gasteiger partial charge is 0.270 e. The average molecular weight is 399 g/mol. The number of amides is 1. The van der Waals surface area contributed by atoms with Crippen molar-refractivity contribution in [3.05, 3.63) is 64.5 Å². The Labute approximate surface area is 154 Å². The standard InChI is InChI=1S/C19H19BrN4O/c20-16-11-17(22-12-16)19(25)24-9-7-23(8-10-24)13-15-4-1-3-14-5-2-6-21-18(14)15/h1-6,11-12,22H,7-10,13H2. The van der Waals surface area contributed by atoms with Crippen molar-refractivity contribution >= 4 is 32.7 Å². The summed E-state index contributed by atoms with van der Waals surface area (Å²) in [5.41, 5.74) is 2.95. The molecule has 3 aromatic rings. The van der Waals surface area contributed by atoms with Crippen LogP contribution in [0.4, 0.5) is 0 Å². The highest BCUT2D eigenvalue weighted by molar-refractivity contribution is 9.10. The first-order valence-corrected chi connectivity index (χ1v) is 9.18. The van der Waals surface area contributed by atoms with E-state index in [4.69, 9.17) is 0 Å². The quantitative estimate of drug-likeness (QED) is 0.736. The van der Waals surface area contributed by atoms with E-state index >= 15 is 0 Å². The number of hydrogen-bond acceptors (Lipinski definition) is 3. The molecule has 5 nitrogen and oxygen atoms in total. The number of benzene rings is 1. The number of hydrogen-bond donors (Lipinski definition) is 1. The zero-order valence-electron chi connectivity index (χ0n) is 13.8. The van der Waals surface area contributed by atoms with Gasteiger partial charge in [-0.15, -0.1) is 0 Å². The topological polar surface area (TPSA) is 52.2 Å². The largest absolute Gasteiger partial charge is 0.356 e. The molecule has 1 aromatic carbocycles. The molecule has 0 spiro atoms. The van der Waals surface area contributed by atoms with E-state index in [1.165, 1.54) is 10.9 Å². The SMILES string of the molecule is O=C(c1cc(Br)c[nH]1)N1CCN(Cc2cccc3cccnc23)CC1. The number of aromatic nitrogens is 2. The van der Waals surface area contributed by atoms with Crippen LogP contribution in [0, 0.1) is 0 Å². The molecule has 0 aliphatic carbocycles. The van der Waals surface area contributed by atoms with Gasteiger partial charge in [0, 0.05) is 55.0 Å². The third-order valence-electron chi connectivity index (χ3n) is 4.65.